The number of fused-ring (bicyclic) bond motifs is 1. The van der Waals surface area contributed by atoms with Gasteiger partial charge in [-0.3, -0.25) is 4.90 Å². The van der Waals surface area contributed by atoms with Crippen molar-refractivity contribution >= 4 is 21.2 Å². The van der Waals surface area contributed by atoms with E-state index in [0.717, 1.165) is 74.3 Å². The van der Waals surface area contributed by atoms with Crippen molar-refractivity contribution in [3.8, 4) is 5.75 Å². The number of benzene rings is 1. The standard InChI is InChI=1S/C27H42N4O3S/c1-20(2)21-5-7-23(8-6-21)30-15-11-24(12-16-30)31-19-22(18-29-13-3-4-14-29)26-17-25(9-10-27(26)31)34-35(28,32)33/h9-10,17,19-21,23-24H,3-8,11-16,18H2,1-2H3,(H2,28,32,33)/t21-,23+. The summed E-state index contributed by atoms with van der Waals surface area (Å²) in [4.78, 5) is 5.24. The number of rotatable bonds is 7. The van der Waals surface area contributed by atoms with Crippen LogP contribution >= 0.6 is 0 Å². The molecule has 3 aliphatic rings. The van der Waals surface area contributed by atoms with Crippen molar-refractivity contribution < 1.29 is 12.6 Å². The van der Waals surface area contributed by atoms with Crippen molar-refractivity contribution in [1.82, 2.24) is 14.4 Å². The molecule has 1 aromatic heterocycles. The van der Waals surface area contributed by atoms with Crippen LogP contribution in [0.25, 0.3) is 10.9 Å². The number of aromatic nitrogens is 1. The Hall–Kier alpha value is -1.61. The number of hydrogen-bond acceptors (Lipinski definition) is 5. The van der Waals surface area contributed by atoms with Gasteiger partial charge in [-0.15, -0.1) is 0 Å². The van der Waals surface area contributed by atoms with Gasteiger partial charge >= 0.3 is 10.3 Å². The SMILES string of the molecule is CC(C)[C@H]1CC[C@@H](N2CCC(n3cc(CN4CCCC4)c4cc(OS(N)(=O)=O)ccc43)CC2)CC1. The molecule has 0 amide bonds. The number of likely N-dealkylation sites (tertiary alicyclic amines) is 2. The molecule has 0 unspecified atom stereocenters. The summed E-state index contributed by atoms with van der Waals surface area (Å²) in [5.41, 5.74) is 2.41. The highest BCUT2D eigenvalue weighted by Gasteiger charge is 2.31. The van der Waals surface area contributed by atoms with E-state index in [-0.39, 0.29) is 5.75 Å². The van der Waals surface area contributed by atoms with Crippen LogP contribution in [0.1, 0.15) is 76.8 Å². The minimum Gasteiger partial charge on any atom is -0.371 e. The van der Waals surface area contributed by atoms with Crippen LogP contribution in [0.15, 0.2) is 24.4 Å². The Bertz CT molecular complexity index is 1110. The Morgan fingerprint density at radius 2 is 1.66 bits per heavy atom. The summed E-state index contributed by atoms with van der Waals surface area (Å²) in [5.74, 6) is 2.01. The maximum Gasteiger partial charge on any atom is 0.380 e. The van der Waals surface area contributed by atoms with E-state index in [4.69, 9.17) is 9.32 Å². The Balaban J connectivity index is 1.32. The molecule has 2 aromatic rings. The van der Waals surface area contributed by atoms with Crippen LogP contribution in [0.5, 0.6) is 5.75 Å². The lowest BCUT2D eigenvalue weighted by atomic mass is 9.79. The number of nitrogens with two attached hydrogens (primary N) is 1. The van der Waals surface area contributed by atoms with Crippen LogP contribution in [0, 0.1) is 11.8 Å². The molecular formula is C27H42N4O3S. The Kier molecular flexibility index (Phi) is 7.45. The summed E-state index contributed by atoms with van der Waals surface area (Å²) >= 11 is 0. The predicted octanol–water partition coefficient (Wildman–Crippen LogP) is 4.67. The molecule has 8 heteroatoms. The zero-order chi connectivity index (χ0) is 24.6. The van der Waals surface area contributed by atoms with Crippen LogP contribution in [0.2, 0.25) is 0 Å². The maximum absolute atomic E-state index is 11.5. The summed E-state index contributed by atoms with van der Waals surface area (Å²) in [5, 5.41) is 6.21. The zero-order valence-corrected chi connectivity index (χ0v) is 22.2. The first-order valence-electron chi connectivity index (χ1n) is 13.6. The molecule has 0 spiro atoms. The molecule has 0 radical (unpaired) electrons. The van der Waals surface area contributed by atoms with E-state index < -0.39 is 10.3 Å². The van der Waals surface area contributed by atoms with Gasteiger partial charge in [-0.25, -0.2) is 0 Å². The predicted molar refractivity (Wildman–Crippen MR) is 141 cm³/mol. The molecule has 2 N–H and O–H groups in total. The topological polar surface area (TPSA) is 80.8 Å². The summed E-state index contributed by atoms with van der Waals surface area (Å²) in [6.45, 7) is 10.2. The summed E-state index contributed by atoms with van der Waals surface area (Å²) in [7, 11) is -4.04. The number of nitrogens with zero attached hydrogens (tertiary/aromatic N) is 3. The van der Waals surface area contributed by atoms with Crippen LogP contribution in [-0.4, -0.2) is 55.0 Å². The molecule has 0 atom stereocenters. The molecule has 1 aromatic carbocycles. The molecule has 194 valence electrons. The highest BCUT2D eigenvalue weighted by molar-refractivity contribution is 7.84. The van der Waals surface area contributed by atoms with Gasteiger partial charge in [-0.1, -0.05) is 13.8 Å². The first kappa shape index (κ1) is 25.1. The van der Waals surface area contributed by atoms with E-state index in [1.807, 2.05) is 12.1 Å². The summed E-state index contributed by atoms with van der Waals surface area (Å²) in [6.07, 6.45) is 12.6. The molecule has 35 heavy (non-hydrogen) atoms. The molecule has 2 aliphatic heterocycles. The summed E-state index contributed by atoms with van der Waals surface area (Å²) in [6, 6.07) is 6.81. The lowest BCUT2D eigenvalue weighted by Gasteiger charge is -2.42. The van der Waals surface area contributed by atoms with Crippen molar-refractivity contribution in [2.75, 3.05) is 26.2 Å². The van der Waals surface area contributed by atoms with Gasteiger partial charge in [0.15, 0.2) is 0 Å². The molecular weight excluding hydrogens is 460 g/mol. The van der Waals surface area contributed by atoms with Gasteiger partial charge in [0, 0.05) is 48.8 Å². The van der Waals surface area contributed by atoms with Gasteiger partial charge in [0.25, 0.3) is 0 Å². The third-order valence-electron chi connectivity index (χ3n) is 8.79. The van der Waals surface area contributed by atoms with Gasteiger partial charge in [0.2, 0.25) is 0 Å². The largest absolute Gasteiger partial charge is 0.380 e. The molecule has 5 rings (SSSR count). The van der Waals surface area contributed by atoms with Crippen LogP contribution in [-0.2, 0) is 16.8 Å². The van der Waals surface area contributed by atoms with E-state index in [0.29, 0.717) is 6.04 Å². The van der Waals surface area contributed by atoms with E-state index in [2.05, 4.69) is 34.4 Å². The second-order valence-corrected chi connectivity index (χ2v) is 12.5. The van der Waals surface area contributed by atoms with Crippen molar-refractivity contribution in [2.24, 2.45) is 17.0 Å². The average Bonchev–Trinajstić information content (AvgIpc) is 3.47. The monoisotopic (exact) mass is 502 g/mol. The van der Waals surface area contributed by atoms with Crippen LogP contribution in [0.3, 0.4) is 0 Å². The van der Waals surface area contributed by atoms with Crippen molar-refractivity contribution in [3.05, 3.63) is 30.0 Å². The molecule has 0 bridgehead atoms. The third-order valence-corrected chi connectivity index (χ3v) is 9.21. The van der Waals surface area contributed by atoms with E-state index >= 15 is 0 Å². The fourth-order valence-corrected chi connectivity index (χ4v) is 7.13. The van der Waals surface area contributed by atoms with Crippen LogP contribution in [0.4, 0.5) is 0 Å². The lowest BCUT2D eigenvalue weighted by molar-refractivity contribution is 0.0893. The molecule has 1 aliphatic carbocycles. The van der Waals surface area contributed by atoms with Crippen molar-refractivity contribution in [2.45, 2.75) is 83.8 Å². The minimum absolute atomic E-state index is 0.284. The van der Waals surface area contributed by atoms with Gasteiger partial charge in [0.05, 0.1) is 0 Å². The quantitative estimate of drug-likeness (QED) is 0.595. The van der Waals surface area contributed by atoms with Gasteiger partial charge in [0.1, 0.15) is 5.75 Å². The fourth-order valence-electron chi connectivity index (χ4n) is 6.76. The van der Waals surface area contributed by atoms with E-state index in [9.17, 15) is 8.42 Å². The average molecular weight is 503 g/mol. The molecule has 2 saturated heterocycles. The first-order chi connectivity index (χ1) is 16.8. The maximum atomic E-state index is 11.5. The van der Waals surface area contributed by atoms with Crippen molar-refractivity contribution in [1.29, 1.82) is 0 Å². The molecule has 1 saturated carbocycles. The Morgan fingerprint density at radius 3 is 2.29 bits per heavy atom. The van der Waals surface area contributed by atoms with Gasteiger partial charge in [-0.2, -0.15) is 13.6 Å². The van der Waals surface area contributed by atoms with Crippen LogP contribution < -0.4 is 9.32 Å². The second kappa shape index (κ2) is 10.4. The number of piperidine rings is 1. The van der Waals surface area contributed by atoms with Crippen molar-refractivity contribution in [3.63, 3.8) is 0 Å². The fraction of sp³-hybridized carbons (Fsp3) is 0.704. The van der Waals surface area contributed by atoms with Gasteiger partial charge < -0.3 is 13.7 Å². The van der Waals surface area contributed by atoms with E-state index in [1.165, 1.54) is 44.1 Å². The Labute approximate surface area is 210 Å². The summed E-state index contributed by atoms with van der Waals surface area (Å²) < 4.78 is 30.5. The lowest BCUT2D eigenvalue weighted by Crippen LogP contribution is -2.43. The number of hydrogen-bond donors (Lipinski definition) is 1. The molecule has 7 nitrogen and oxygen atoms in total. The highest BCUT2D eigenvalue weighted by atomic mass is 32.2. The second-order valence-electron chi connectivity index (χ2n) is 11.4. The van der Waals surface area contributed by atoms with E-state index in [1.54, 1.807) is 6.07 Å². The minimum atomic E-state index is -4.04. The smallest absolute Gasteiger partial charge is 0.371 e. The highest BCUT2D eigenvalue weighted by Crippen LogP contribution is 2.37. The Morgan fingerprint density at radius 1 is 0.971 bits per heavy atom. The molecule has 3 fully saturated rings. The first-order valence-corrected chi connectivity index (χ1v) is 15.1. The normalized spacial score (nSPS) is 25.6. The molecule has 3 heterocycles. The van der Waals surface area contributed by atoms with Gasteiger partial charge in [-0.05, 0) is 100 Å². The third kappa shape index (κ3) is 5.87. The zero-order valence-electron chi connectivity index (χ0n) is 21.4.